The second-order valence-electron chi connectivity index (χ2n) is 3.30. The summed E-state index contributed by atoms with van der Waals surface area (Å²) in [7, 11) is 3.32. The van der Waals surface area contributed by atoms with E-state index in [9.17, 15) is 0 Å². The molecule has 14 heavy (non-hydrogen) atoms. The predicted octanol–water partition coefficient (Wildman–Crippen LogP) is 3.05. The fourth-order valence-electron chi connectivity index (χ4n) is 1.38. The molecule has 1 aromatic carbocycles. The fourth-order valence-corrected chi connectivity index (χ4v) is 1.38. The minimum Gasteiger partial charge on any atom is -0.496 e. The molecule has 0 heterocycles. The van der Waals surface area contributed by atoms with Crippen LogP contribution in [0.5, 0.6) is 11.5 Å². The average molecular weight is 192 g/mol. The summed E-state index contributed by atoms with van der Waals surface area (Å²) >= 11 is 0. The molecule has 0 bridgehead atoms. The summed E-state index contributed by atoms with van der Waals surface area (Å²) in [4.78, 5) is 0. The molecule has 0 aliphatic rings. The van der Waals surface area contributed by atoms with Gasteiger partial charge in [-0.05, 0) is 37.1 Å². The van der Waals surface area contributed by atoms with Crippen molar-refractivity contribution in [2.24, 2.45) is 0 Å². The van der Waals surface area contributed by atoms with Crippen molar-refractivity contribution in [1.82, 2.24) is 0 Å². The highest BCUT2D eigenvalue weighted by Gasteiger charge is 2.08. The van der Waals surface area contributed by atoms with E-state index in [1.54, 1.807) is 14.2 Å². The summed E-state index contributed by atoms with van der Waals surface area (Å²) in [6.45, 7) is 7.84. The van der Waals surface area contributed by atoms with Crippen LogP contribution in [0.25, 0.3) is 5.57 Å². The Balaban J connectivity index is 3.32. The first-order valence-electron chi connectivity index (χ1n) is 4.48. The number of hydrogen-bond donors (Lipinski definition) is 0. The topological polar surface area (TPSA) is 18.5 Å². The van der Waals surface area contributed by atoms with Gasteiger partial charge in [0.05, 0.1) is 14.2 Å². The first-order valence-corrected chi connectivity index (χ1v) is 4.48. The second kappa shape index (κ2) is 4.18. The zero-order valence-electron chi connectivity index (χ0n) is 9.18. The summed E-state index contributed by atoms with van der Waals surface area (Å²) in [5.41, 5.74) is 3.03. The highest BCUT2D eigenvalue weighted by Crippen LogP contribution is 2.31. The van der Waals surface area contributed by atoms with E-state index in [1.807, 2.05) is 26.0 Å². The van der Waals surface area contributed by atoms with Gasteiger partial charge < -0.3 is 9.47 Å². The van der Waals surface area contributed by atoms with Gasteiger partial charge in [0.15, 0.2) is 0 Å². The van der Waals surface area contributed by atoms with Crippen molar-refractivity contribution in [1.29, 1.82) is 0 Å². The van der Waals surface area contributed by atoms with Crippen LogP contribution in [0, 0.1) is 6.92 Å². The molecule has 0 amide bonds. The monoisotopic (exact) mass is 192 g/mol. The van der Waals surface area contributed by atoms with Gasteiger partial charge in [-0.15, -0.1) is 0 Å². The van der Waals surface area contributed by atoms with Gasteiger partial charge in [0.2, 0.25) is 0 Å². The summed E-state index contributed by atoms with van der Waals surface area (Å²) in [6.07, 6.45) is 0. The SMILES string of the molecule is C=C(C)c1cc(OC)c(C)cc1OC. The van der Waals surface area contributed by atoms with Crippen molar-refractivity contribution >= 4 is 5.57 Å². The van der Waals surface area contributed by atoms with Gasteiger partial charge in [-0.3, -0.25) is 0 Å². The molecule has 2 nitrogen and oxygen atoms in total. The van der Waals surface area contributed by atoms with E-state index in [1.165, 1.54) is 0 Å². The quantitative estimate of drug-likeness (QED) is 0.732. The van der Waals surface area contributed by atoms with Crippen LogP contribution in [0.3, 0.4) is 0 Å². The Morgan fingerprint density at radius 3 is 2.14 bits per heavy atom. The molecule has 0 aromatic heterocycles. The molecule has 0 aliphatic heterocycles. The van der Waals surface area contributed by atoms with Gasteiger partial charge in [-0.1, -0.05) is 6.58 Å². The van der Waals surface area contributed by atoms with Crippen LogP contribution in [-0.2, 0) is 0 Å². The van der Waals surface area contributed by atoms with Crippen LogP contribution in [0.4, 0.5) is 0 Å². The molecule has 76 valence electrons. The molecule has 0 fully saturated rings. The fraction of sp³-hybridized carbons (Fsp3) is 0.333. The molecule has 0 radical (unpaired) electrons. The Morgan fingerprint density at radius 1 is 1.14 bits per heavy atom. The second-order valence-corrected chi connectivity index (χ2v) is 3.30. The summed E-state index contributed by atoms with van der Waals surface area (Å²) < 4.78 is 10.5. The lowest BCUT2D eigenvalue weighted by molar-refractivity contribution is 0.399. The first kappa shape index (κ1) is 10.6. The molecular formula is C12H16O2. The van der Waals surface area contributed by atoms with E-state index >= 15 is 0 Å². The van der Waals surface area contributed by atoms with Crippen LogP contribution in [0.1, 0.15) is 18.1 Å². The predicted molar refractivity (Wildman–Crippen MR) is 59.0 cm³/mol. The van der Waals surface area contributed by atoms with Crippen molar-refractivity contribution in [3.63, 3.8) is 0 Å². The Kier molecular flexibility index (Phi) is 3.18. The van der Waals surface area contributed by atoms with Gasteiger partial charge in [-0.2, -0.15) is 0 Å². The number of aryl methyl sites for hydroxylation is 1. The van der Waals surface area contributed by atoms with Crippen molar-refractivity contribution in [3.8, 4) is 11.5 Å². The Labute approximate surface area is 85.2 Å². The lowest BCUT2D eigenvalue weighted by Gasteiger charge is -2.12. The van der Waals surface area contributed by atoms with Gasteiger partial charge in [0, 0.05) is 5.56 Å². The maximum atomic E-state index is 5.27. The van der Waals surface area contributed by atoms with Gasteiger partial charge in [0.25, 0.3) is 0 Å². The van der Waals surface area contributed by atoms with E-state index in [0.29, 0.717) is 0 Å². The summed E-state index contributed by atoms with van der Waals surface area (Å²) in [6, 6.07) is 3.92. The molecule has 0 unspecified atom stereocenters. The van der Waals surface area contributed by atoms with E-state index in [2.05, 4.69) is 6.58 Å². The first-order chi connectivity index (χ1) is 6.60. The molecule has 0 aliphatic carbocycles. The Morgan fingerprint density at radius 2 is 1.71 bits per heavy atom. The normalized spacial score (nSPS) is 9.71. The van der Waals surface area contributed by atoms with E-state index in [0.717, 1.165) is 28.2 Å². The number of ether oxygens (including phenoxy) is 2. The molecular weight excluding hydrogens is 176 g/mol. The molecule has 2 heteroatoms. The van der Waals surface area contributed by atoms with E-state index in [4.69, 9.17) is 9.47 Å². The van der Waals surface area contributed by atoms with Crippen molar-refractivity contribution in [3.05, 3.63) is 29.8 Å². The van der Waals surface area contributed by atoms with Crippen LogP contribution in [-0.4, -0.2) is 14.2 Å². The van der Waals surface area contributed by atoms with Gasteiger partial charge >= 0.3 is 0 Å². The third-order valence-corrected chi connectivity index (χ3v) is 2.18. The number of rotatable bonds is 3. The minimum atomic E-state index is 0.843. The average Bonchev–Trinajstić information content (AvgIpc) is 2.16. The van der Waals surface area contributed by atoms with Crippen LogP contribution < -0.4 is 9.47 Å². The summed E-state index contributed by atoms with van der Waals surface area (Å²) in [5.74, 6) is 1.71. The Bertz CT molecular complexity index is 354. The van der Waals surface area contributed by atoms with Crippen LogP contribution in [0.15, 0.2) is 18.7 Å². The highest BCUT2D eigenvalue weighted by molar-refractivity contribution is 5.69. The van der Waals surface area contributed by atoms with Crippen molar-refractivity contribution < 1.29 is 9.47 Å². The van der Waals surface area contributed by atoms with E-state index < -0.39 is 0 Å². The lowest BCUT2D eigenvalue weighted by Crippen LogP contribution is -1.94. The highest BCUT2D eigenvalue weighted by atomic mass is 16.5. The maximum absolute atomic E-state index is 5.27. The minimum absolute atomic E-state index is 0.843. The molecule has 0 saturated carbocycles. The third kappa shape index (κ3) is 1.90. The Hall–Kier alpha value is -1.44. The zero-order valence-corrected chi connectivity index (χ0v) is 9.18. The number of hydrogen-bond acceptors (Lipinski definition) is 2. The molecule has 1 rings (SSSR count). The summed E-state index contributed by atoms with van der Waals surface area (Å²) in [5, 5.41) is 0. The molecule has 0 atom stereocenters. The largest absolute Gasteiger partial charge is 0.496 e. The zero-order chi connectivity index (χ0) is 10.7. The van der Waals surface area contributed by atoms with Crippen molar-refractivity contribution in [2.45, 2.75) is 13.8 Å². The molecule has 0 saturated heterocycles. The van der Waals surface area contributed by atoms with Gasteiger partial charge in [0.1, 0.15) is 11.5 Å². The standard InChI is InChI=1S/C12H16O2/c1-8(2)10-7-11(13-4)9(3)6-12(10)14-5/h6-7H,1H2,2-5H3. The number of benzene rings is 1. The molecule has 0 N–H and O–H groups in total. The molecule has 0 spiro atoms. The number of methoxy groups -OCH3 is 2. The lowest BCUT2D eigenvalue weighted by atomic mass is 10.0. The number of allylic oxidation sites excluding steroid dienone is 1. The maximum Gasteiger partial charge on any atom is 0.126 e. The van der Waals surface area contributed by atoms with Crippen molar-refractivity contribution in [2.75, 3.05) is 14.2 Å². The van der Waals surface area contributed by atoms with E-state index in [-0.39, 0.29) is 0 Å². The van der Waals surface area contributed by atoms with Crippen LogP contribution in [0.2, 0.25) is 0 Å². The smallest absolute Gasteiger partial charge is 0.126 e. The third-order valence-electron chi connectivity index (χ3n) is 2.18. The molecule has 1 aromatic rings. The van der Waals surface area contributed by atoms with Gasteiger partial charge in [-0.25, -0.2) is 0 Å². The van der Waals surface area contributed by atoms with Crippen LogP contribution >= 0.6 is 0 Å².